The average Bonchev–Trinajstić information content (AvgIpc) is 3.04. The van der Waals surface area contributed by atoms with E-state index in [-0.39, 0.29) is 17.7 Å². The number of hydrogen-bond acceptors (Lipinski definition) is 3. The number of nitrogens with zero attached hydrogens (tertiary/aromatic N) is 3. The van der Waals surface area contributed by atoms with E-state index in [1.54, 1.807) is 11.0 Å². The quantitative estimate of drug-likeness (QED) is 0.917. The van der Waals surface area contributed by atoms with Gasteiger partial charge in [0, 0.05) is 38.3 Å². The Morgan fingerprint density at radius 1 is 1.36 bits per heavy atom. The smallest absolute Gasteiger partial charge is 0.270 e. The standard InChI is InChI=1S/C16H22N4O2/c1-3-19(4-2)15(21)13-5-7-20(8-6-13)16(22)14-9-12(10-17)11-18-14/h9,11,13,18H,3-8H2,1-2H3. The lowest BCUT2D eigenvalue weighted by Gasteiger charge is -2.33. The van der Waals surface area contributed by atoms with E-state index in [4.69, 9.17) is 5.26 Å². The number of carbonyl (C=O) groups is 2. The SMILES string of the molecule is CCN(CC)C(=O)C1CCN(C(=O)c2cc(C#N)c[nH]2)CC1. The summed E-state index contributed by atoms with van der Waals surface area (Å²) >= 11 is 0. The fourth-order valence-corrected chi connectivity index (χ4v) is 2.88. The number of hydrogen-bond donors (Lipinski definition) is 1. The lowest BCUT2D eigenvalue weighted by Crippen LogP contribution is -2.44. The first-order valence-electron chi connectivity index (χ1n) is 7.77. The van der Waals surface area contributed by atoms with Gasteiger partial charge in [0.25, 0.3) is 5.91 Å². The highest BCUT2D eigenvalue weighted by Gasteiger charge is 2.30. The van der Waals surface area contributed by atoms with Gasteiger partial charge in [0.05, 0.1) is 5.56 Å². The molecule has 1 N–H and O–H groups in total. The molecule has 1 fully saturated rings. The molecule has 1 aliphatic heterocycles. The minimum Gasteiger partial charge on any atom is -0.356 e. The molecule has 0 aromatic carbocycles. The third kappa shape index (κ3) is 3.30. The molecule has 0 spiro atoms. The zero-order valence-electron chi connectivity index (χ0n) is 13.1. The van der Waals surface area contributed by atoms with Crippen molar-refractivity contribution in [3.63, 3.8) is 0 Å². The summed E-state index contributed by atoms with van der Waals surface area (Å²) in [6, 6.07) is 3.57. The maximum absolute atomic E-state index is 12.3. The third-order valence-electron chi connectivity index (χ3n) is 4.25. The van der Waals surface area contributed by atoms with Gasteiger partial charge in [0.15, 0.2) is 0 Å². The Hall–Kier alpha value is -2.29. The van der Waals surface area contributed by atoms with Crippen LogP contribution < -0.4 is 0 Å². The number of nitrogens with one attached hydrogen (secondary N) is 1. The summed E-state index contributed by atoms with van der Waals surface area (Å²) in [5.74, 6) is 0.112. The van der Waals surface area contributed by atoms with Gasteiger partial charge >= 0.3 is 0 Å². The average molecular weight is 302 g/mol. The summed E-state index contributed by atoms with van der Waals surface area (Å²) in [5, 5.41) is 8.80. The highest BCUT2D eigenvalue weighted by atomic mass is 16.2. The van der Waals surface area contributed by atoms with Crippen LogP contribution in [0.15, 0.2) is 12.3 Å². The van der Waals surface area contributed by atoms with Gasteiger partial charge in [0.2, 0.25) is 5.91 Å². The Kier molecular flexibility index (Phi) is 5.21. The molecule has 0 unspecified atom stereocenters. The molecule has 2 rings (SSSR count). The molecule has 1 aliphatic rings. The molecule has 0 aliphatic carbocycles. The van der Waals surface area contributed by atoms with Gasteiger partial charge in [-0.25, -0.2) is 0 Å². The number of H-pyrrole nitrogens is 1. The van der Waals surface area contributed by atoms with Crippen LogP contribution in [-0.4, -0.2) is 52.8 Å². The lowest BCUT2D eigenvalue weighted by molar-refractivity contribution is -0.136. The van der Waals surface area contributed by atoms with Gasteiger partial charge in [-0.15, -0.1) is 0 Å². The molecule has 1 saturated heterocycles. The molecule has 0 atom stereocenters. The van der Waals surface area contributed by atoms with Crippen LogP contribution in [0.4, 0.5) is 0 Å². The molecule has 0 saturated carbocycles. The van der Waals surface area contributed by atoms with Crippen molar-refractivity contribution in [2.24, 2.45) is 5.92 Å². The maximum Gasteiger partial charge on any atom is 0.270 e. The fraction of sp³-hybridized carbons (Fsp3) is 0.562. The van der Waals surface area contributed by atoms with Crippen molar-refractivity contribution in [1.29, 1.82) is 5.26 Å². The zero-order valence-corrected chi connectivity index (χ0v) is 13.1. The van der Waals surface area contributed by atoms with Crippen molar-refractivity contribution in [3.05, 3.63) is 23.5 Å². The first-order chi connectivity index (χ1) is 10.6. The lowest BCUT2D eigenvalue weighted by atomic mass is 9.95. The van der Waals surface area contributed by atoms with Gasteiger partial charge in [-0.05, 0) is 32.8 Å². The molecule has 118 valence electrons. The fourth-order valence-electron chi connectivity index (χ4n) is 2.88. The Labute approximate surface area is 130 Å². The van der Waals surface area contributed by atoms with Crippen LogP contribution in [-0.2, 0) is 4.79 Å². The first-order valence-corrected chi connectivity index (χ1v) is 7.77. The number of piperidine rings is 1. The first kappa shape index (κ1) is 16.1. The number of aromatic nitrogens is 1. The van der Waals surface area contributed by atoms with Crippen molar-refractivity contribution in [2.75, 3.05) is 26.2 Å². The highest BCUT2D eigenvalue weighted by molar-refractivity contribution is 5.93. The maximum atomic E-state index is 12.3. The predicted octanol–water partition coefficient (Wildman–Crippen LogP) is 1.61. The van der Waals surface area contributed by atoms with Crippen LogP contribution in [0, 0.1) is 17.2 Å². The second kappa shape index (κ2) is 7.12. The Balaban J connectivity index is 1.93. The summed E-state index contributed by atoms with van der Waals surface area (Å²) < 4.78 is 0. The van der Waals surface area contributed by atoms with E-state index in [0.717, 1.165) is 13.1 Å². The summed E-state index contributed by atoms with van der Waals surface area (Å²) in [7, 11) is 0. The molecule has 22 heavy (non-hydrogen) atoms. The van der Waals surface area contributed by atoms with Gasteiger partial charge in [-0.1, -0.05) is 0 Å². The second-order valence-electron chi connectivity index (χ2n) is 5.49. The number of likely N-dealkylation sites (tertiary alicyclic amines) is 1. The summed E-state index contributed by atoms with van der Waals surface area (Å²) in [4.78, 5) is 31.1. The van der Waals surface area contributed by atoms with E-state index in [1.165, 1.54) is 6.20 Å². The van der Waals surface area contributed by atoms with E-state index >= 15 is 0 Å². The molecule has 2 heterocycles. The monoisotopic (exact) mass is 302 g/mol. The molecule has 0 radical (unpaired) electrons. The molecule has 1 aromatic rings. The third-order valence-corrected chi connectivity index (χ3v) is 4.25. The zero-order chi connectivity index (χ0) is 16.1. The second-order valence-corrected chi connectivity index (χ2v) is 5.49. The van der Waals surface area contributed by atoms with Crippen LogP contribution in [0.2, 0.25) is 0 Å². The number of carbonyl (C=O) groups excluding carboxylic acids is 2. The van der Waals surface area contributed by atoms with Crippen LogP contribution >= 0.6 is 0 Å². The van der Waals surface area contributed by atoms with Crippen molar-refractivity contribution < 1.29 is 9.59 Å². The van der Waals surface area contributed by atoms with Crippen LogP contribution in [0.5, 0.6) is 0 Å². The molecule has 2 amide bonds. The Morgan fingerprint density at radius 2 is 2.00 bits per heavy atom. The van der Waals surface area contributed by atoms with E-state index in [1.807, 2.05) is 24.8 Å². The van der Waals surface area contributed by atoms with E-state index in [9.17, 15) is 9.59 Å². The minimum atomic E-state index is -0.102. The van der Waals surface area contributed by atoms with Crippen molar-refractivity contribution >= 4 is 11.8 Å². The molecule has 6 heteroatoms. The topological polar surface area (TPSA) is 80.2 Å². The minimum absolute atomic E-state index is 0.0160. The molecular formula is C16H22N4O2. The normalized spacial score (nSPS) is 15.4. The highest BCUT2D eigenvalue weighted by Crippen LogP contribution is 2.21. The van der Waals surface area contributed by atoms with Gasteiger partial charge < -0.3 is 14.8 Å². The molecule has 1 aromatic heterocycles. The van der Waals surface area contributed by atoms with Crippen molar-refractivity contribution in [2.45, 2.75) is 26.7 Å². The summed E-state index contributed by atoms with van der Waals surface area (Å²) in [5.41, 5.74) is 0.889. The number of amides is 2. The molecule has 0 bridgehead atoms. The predicted molar refractivity (Wildman–Crippen MR) is 82.1 cm³/mol. The van der Waals surface area contributed by atoms with Crippen LogP contribution in [0.25, 0.3) is 0 Å². The molecular weight excluding hydrogens is 280 g/mol. The van der Waals surface area contributed by atoms with E-state index in [0.29, 0.717) is 37.2 Å². The summed E-state index contributed by atoms with van der Waals surface area (Å²) in [6.45, 7) is 6.59. The van der Waals surface area contributed by atoms with Gasteiger partial charge in [-0.3, -0.25) is 9.59 Å². The largest absolute Gasteiger partial charge is 0.356 e. The van der Waals surface area contributed by atoms with Gasteiger partial charge in [-0.2, -0.15) is 5.26 Å². The number of aromatic amines is 1. The van der Waals surface area contributed by atoms with E-state index in [2.05, 4.69) is 4.98 Å². The number of nitriles is 1. The number of rotatable bonds is 4. The van der Waals surface area contributed by atoms with E-state index < -0.39 is 0 Å². The van der Waals surface area contributed by atoms with Crippen LogP contribution in [0.3, 0.4) is 0 Å². The Morgan fingerprint density at radius 3 is 2.50 bits per heavy atom. The Bertz CT molecular complexity index is 575. The van der Waals surface area contributed by atoms with Crippen LogP contribution in [0.1, 0.15) is 42.7 Å². The summed E-state index contributed by atoms with van der Waals surface area (Å²) in [6.07, 6.45) is 2.93. The van der Waals surface area contributed by atoms with Gasteiger partial charge in [0.1, 0.15) is 11.8 Å². The molecule has 6 nitrogen and oxygen atoms in total. The van der Waals surface area contributed by atoms with Crippen molar-refractivity contribution in [3.8, 4) is 6.07 Å². The van der Waals surface area contributed by atoms with Crippen molar-refractivity contribution in [1.82, 2.24) is 14.8 Å².